The van der Waals surface area contributed by atoms with E-state index >= 15 is 0 Å². The lowest BCUT2D eigenvalue weighted by molar-refractivity contribution is -0.137. The molecule has 0 unspecified atom stereocenters. The molecule has 2 aromatic rings. The first-order valence-electron chi connectivity index (χ1n) is 8.77. The second kappa shape index (κ2) is 9.25. The fraction of sp³-hybridized carbons (Fsp3) is 0.250. The van der Waals surface area contributed by atoms with Crippen LogP contribution in [-0.2, 0) is 9.59 Å². The predicted octanol–water partition coefficient (Wildman–Crippen LogP) is 5.39. The van der Waals surface area contributed by atoms with Crippen LogP contribution in [0.5, 0.6) is 0 Å². The predicted molar refractivity (Wildman–Crippen MR) is 111 cm³/mol. The molecule has 0 radical (unpaired) electrons. The van der Waals surface area contributed by atoms with Gasteiger partial charge in [-0.2, -0.15) is 0 Å². The van der Waals surface area contributed by atoms with Gasteiger partial charge in [-0.1, -0.05) is 34.5 Å². The zero-order chi connectivity index (χ0) is 20.1. The Hall–Kier alpha value is -2.32. The fourth-order valence-corrected chi connectivity index (χ4v) is 3.85. The van der Waals surface area contributed by atoms with Crippen LogP contribution in [0.25, 0.3) is 17.4 Å². The molecule has 28 heavy (non-hydrogen) atoms. The molecule has 1 fully saturated rings. The molecule has 3 rings (SSSR count). The molecular formula is C20H18BrNO5S. The number of furan rings is 1. The summed E-state index contributed by atoms with van der Waals surface area (Å²) >= 11 is 4.28. The van der Waals surface area contributed by atoms with Crippen LogP contribution in [0.3, 0.4) is 0 Å². The second-order valence-corrected chi connectivity index (χ2v) is 8.16. The summed E-state index contributed by atoms with van der Waals surface area (Å²) in [5.41, 5.74) is 0.914. The van der Waals surface area contributed by atoms with Crippen LogP contribution < -0.4 is 0 Å². The molecule has 0 atom stereocenters. The van der Waals surface area contributed by atoms with Gasteiger partial charge in [0.25, 0.3) is 11.1 Å². The van der Waals surface area contributed by atoms with Crippen molar-refractivity contribution in [3.63, 3.8) is 0 Å². The van der Waals surface area contributed by atoms with E-state index in [-0.39, 0.29) is 17.6 Å². The van der Waals surface area contributed by atoms with Crippen molar-refractivity contribution in [3.8, 4) is 11.3 Å². The Kier molecular flexibility index (Phi) is 6.74. The van der Waals surface area contributed by atoms with E-state index < -0.39 is 5.97 Å². The van der Waals surface area contributed by atoms with Gasteiger partial charge in [0.15, 0.2) is 0 Å². The van der Waals surface area contributed by atoms with E-state index in [1.54, 1.807) is 12.1 Å². The smallest absolute Gasteiger partial charge is 0.303 e. The molecule has 0 bridgehead atoms. The number of carbonyl (C=O) groups excluding carboxylic acids is 2. The third kappa shape index (κ3) is 5.14. The van der Waals surface area contributed by atoms with Crippen molar-refractivity contribution >= 4 is 50.9 Å². The van der Waals surface area contributed by atoms with E-state index in [2.05, 4.69) is 15.9 Å². The molecule has 146 valence electrons. The lowest BCUT2D eigenvalue weighted by Crippen LogP contribution is -2.29. The van der Waals surface area contributed by atoms with Gasteiger partial charge in [-0.3, -0.25) is 19.3 Å². The van der Waals surface area contributed by atoms with Gasteiger partial charge in [-0.05, 0) is 48.9 Å². The minimum absolute atomic E-state index is 0.0982. The number of hydrogen-bond donors (Lipinski definition) is 1. The summed E-state index contributed by atoms with van der Waals surface area (Å²) in [7, 11) is 0. The third-order valence-corrected chi connectivity index (χ3v) is 5.61. The SMILES string of the molecule is O=C(O)CCCCCN1C(=O)SC(=Cc2ccc(-c3ccc(Br)cc3)o2)C1=O. The number of hydrogen-bond acceptors (Lipinski definition) is 5. The highest BCUT2D eigenvalue weighted by Crippen LogP contribution is 2.33. The lowest BCUT2D eigenvalue weighted by Gasteiger charge is -2.11. The van der Waals surface area contributed by atoms with Crippen molar-refractivity contribution in [1.82, 2.24) is 4.90 Å². The number of rotatable bonds is 8. The van der Waals surface area contributed by atoms with Gasteiger partial charge < -0.3 is 9.52 Å². The number of carboxylic acid groups (broad SMARTS) is 1. The molecular weight excluding hydrogens is 446 g/mol. The summed E-state index contributed by atoms with van der Waals surface area (Å²) in [6.07, 6.45) is 3.46. The van der Waals surface area contributed by atoms with Crippen molar-refractivity contribution in [2.75, 3.05) is 6.54 Å². The minimum Gasteiger partial charge on any atom is -0.481 e. The maximum Gasteiger partial charge on any atom is 0.303 e. The van der Waals surface area contributed by atoms with Crippen LogP contribution in [0.1, 0.15) is 31.4 Å². The Labute approximate surface area is 174 Å². The number of aliphatic carboxylic acids is 1. The molecule has 0 saturated carbocycles. The zero-order valence-corrected chi connectivity index (χ0v) is 17.3. The average Bonchev–Trinajstić information content (AvgIpc) is 3.22. The van der Waals surface area contributed by atoms with Crippen LogP contribution in [0.2, 0.25) is 0 Å². The largest absolute Gasteiger partial charge is 0.481 e. The van der Waals surface area contributed by atoms with E-state index in [1.807, 2.05) is 30.3 Å². The Bertz CT molecular complexity index is 919. The number of halogens is 1. The third-order valence-electron chi connectivity index (χ3n) is 4.17. The van der Waals surface area contributed by atoms with E-state index in [0.717, 1.165) is 21.8 Å². The molecule has 1 aromatic carbocycles. The number of carbonyl (C=O) groups is 3. The highest BCUT2D eigenvalue weighted by Gasteiger charge is 2.34. The van der Waals surface area contributed by atoms with Gasteiger partial charge in [0.2, 0.25) is 0 Å². The zero-order valence-electron chi connectivity index (χ0n) is 14.9. The van der Waals surface area contributed by atoms with Crippen molar-refractivity contribution in [3.05, 3.63) is 51.5 Å². The number of benzene rings is 1. The molecule has 1 aromatic heterocycles. The Balaban J connectivity index is 1.62. The van der Waals surface area contributed by atoms with Crippen LogP contribution in [0, 0.1) is 0 Å². The molecule has 0 aliphatic carbocycles. The number of nitrogens with zero attached hydrogens (tertiary/aromatic N) is 1. The van der Waals surface area contributed by atoms with Gasteiger partial charge in [-0.15, -0.1) is 0 Å². The highest BCUT2D eigenvalue weighted by molar-refractivity contribution is 9.10. The molecule has 1 aliphatic rings. The Morgan fingerprint density at radius 1 is 1.11 bits per heavy atom. The summed E-state index contributed by atoms with van der Waals surface area (Å²) in [5, 5.41) is 8.32. The quantitative estimate of drug-likeness (QED) is 0.416. The summed E-state index contributed by atoms with van der Waals surface area (Å²) in [4.78, 5) is 36.6. The monoisotopic (exact) mass is 463 g/mol. The standard InChI is InChI=1S/C20H18BrNO5S/c21-14-7-5-13(6-8-14)16-10-9-15(27-16)12-17-19(25)22(20(26)28-17)11-3-1-2-4-18(23)24/h5-10,12H,1-4,11H2,(H,23,24). The molecule has 2 amide bonds. The number of unbranched alkanes of at least 4 members (excludes halogenated alkanes) is 2. The molecule has 1 aliphatic heterocycles. The molecule has 8 heteroatoms. The van der Waals surface area contributed by atoms with Crippen molar-refractivity contribution in [2.24, 2.45) is 0 Å². The van der Waals surface area contributed by atoms with Crippen LogP contribution in [0.4, 0.5) is 4.79 Å². The summed E-state index contributed by atoms with van der Waals surface area (Å²) in [6.45, 7) is 0.296. The van der Waals surface area contributed by atoms with Gasteiger partial charge in [0, 0.05) is 29.1 Å². The van der Waals surface area contributed by atoms with E-state index in [4.69, 9.17) is 9.52 Å². The minimum atomic E-state index is -0.838. The number of thioether (sulfide) groups is 1. The number of amides is 2. The van der Waals surface area contributed by atoms with E-state index in [0.29, 0.717) is 42.2 Å². The van der Waals surface area contributed by atoms with E-state index in [1.165, 1.54) is 4.90 Å². The highest BCUT2D eigenvalue weighted by atomic mass is 79.9. The first-order valence-corrected chi connectivity index (χ1v) is 10.4. The summed E-state index contributed by atoms with van der Waals surface area (Å²) in [6, 6.07) is 11.3. The number of imide groups is 1. The Morgan fingerprint density at radius 2 is 1.86 bits per heavy atom. The van der Waals surface area contributed by atoms with Crippen molar-refractivity contribution in [1.29, 1.82) is 0 Å². The van der Waals surface area contributed by atoms with Crippen LogP contribution in [0.15, 0.2) is 50.2 Å². The second-order valence-electron chi connectivity index (χ2n) is 6.25. The molecule has 1 saturated heterocycles. The first kappa shape index (κ1) is 20.4. The summed E-state index contributed by atoms with van der Waals surface area (Å²) in [5.74, 6) is 0.00571. The van der Waals surface area contributed by atoms with Gasteiger partial charge in [0.1, 0.15) is 11.5 Å². The normalized spacial score (nSPS) is 15.6. The topological polar surface area (TPSA) is 87.8 Å². The maximum atomic E-state index is 12.5. The van der Waals surface area contributed by atoms with Crippen LogP contribution in [-0.4, -0.2) is 33.7 Å². The Morgan fingerprint density at radius 3 is 2.57 bits per heavy atom. The maximum absolute atomic E-state index is 12.5. The molecule has 2 heterocycles. The van der Waals surface area contributed by atoms with Crippen LogP contribution >= 0.6 is 27.7 Å². The molecule has 6 nitrogen and oxygen atoms in total. The van der Waals surface area contributed by atoms with Crippen molar-refractivity contribution < 1.29 is 23.9 Å². The number of carboxylic acids is 1. The van der Waals surface area contributed by atoms with Gasteiger partial charge in [0.05, 0.1) is 4.91 Å². The summed E-state index contributed by atoms with van der Waals surface area (Å²) < 4.78 is 6.76. The molecule has 1 N–H and O–H groups in total. The molecule has 0 spiro atoms. The average molecular weight is 464 g/mol. The van der Waals surface area contributed by atoms with E-state index in [9.17, 15) is 14.4 Å². The van der Waals surface area contributed by atoms with Gasteiger partial charge >= 0.3 is 5.97 Å². The lowest BCUT2D eigenvalue weighted by atomic mass is 10.2. The van der Waals surface area contributed by atoms with Gasteiger partial charge in [-0.25, -0.2) is 0 Å². The van der Waals surface area contributed by atoms with Crippen molar-refractivity contribution in [2.45, 2.75) is 25.7 Å². The fourth-order valence-electron chi connectivity index (χ4n) is 2.74. The first-order chi connectivity index (χ1) is 13.4.